The maximum atomic E-state index is 3.62. The molecule has 0 spiro atoms. The van der Waals surface area contributed by atoms with Crippen molar-refractivity contribution in [1.29, 1.82) is 0 Å². The molecule has 0 fully saturated rings. The number of hydrogen-bond acceptors (Lipinski definition) is 0. The van der Waals surface area contributed by atoms with Crippen molar-refractivity contribution in [2.45, 2.75) is 59.3 Å². The van der Waals surface area contributed by atoms with Crippen molar-refractivity contribution in [3.63, 3.8) is 0 Å². The molecule has 0 saturated carbocycles. The van der Waals surface area contributed by atoms with Crippen molar-refractivity contribution in [2.24, 2.45) is 0 Å². The molecule has 0 unspecified atom stereocenters. The minimum absolute atomic E-state index is 0. The summed E-state index contributed by atoms with van der Waals surface area (Å²) in [6, 6.07) is 27.6. The van der Waals surface area contributed by atoms with E-state index in [0.29, 0.717) is 11.8 Å². The van der Waals surface area contributed by atoms with E-state index in [-0.39, 0.29) is 24.8 Å². The van der Waals surface area contributed by atoms with E-state index in [1.807, 2.05) is 73.7 Å². The number of benzene rings is 3. The van der Waals surface area contributed by atoms with Gasteiger partial charge >= 0.3 is 31.2 Å². The molecule has 0 atom stereocenters. The molecule has 0 aliphatic heterocycles. The monoisotopic (exact) mass is 539 g/mol. The average molecular weight is 540 g/mol. The van der Waals surface area contributed by atoms with Crippen LogP contribution in [0, 0.1) is 18.2 Å². The van der Waals surface area contributed by atoms with E-state index in [1.54, 1.807) is 0 Å². The standard InChI is InChI=1S/C19H21.C6H5.C5H5.C2H4.2ClH.Ti/c1-12(2)14-5-7-18-16(9-14)11-17-10-15(13(3)4)6-8-19(17)18;1-2-4-6-5-3-1;1-2-4-5-3-1;1-2;;;/h5-9,12-13H,11H2,1-4H3;1-5H;1-3H,4H2;1H,2H3;2*1H;/q3*-1;;;;. The molecule has 5 rings (SSSR count). The van der Waals surface area contributed by atoms with Crippen LogP contribution < -0.4 is 0 Å². The SMILES string of the molecule is CC(C)c1[c-]c2c(cc1)-c1ccc(C(C)C)cc1C2.C[CH]=[Ti].Cl.Cl.[C-]1=CC=CC1.[c-]1ccccc1. The Hall–Kier alpha value is -1.70. The number of fused-ring (bicyclic) bond motifs is 3. The van der Waals surface area contributed by atoms with E-state index in [2.05, 4.69) is 82.3 Å². The van der Waals surface area contributed by atoms with E-state index >= 15 is 0 Å². The Kier molecular flexibility index (Phi) is 17.7. The van der Waals surface area contributed by atoms with Gasteiger partial charge < -0.3 is 0 Å². The third-order valence-corrected chi connectivity index (χ3v) is 5.32. The fraction of sp³-hybridized carbons (Fsp3) is 0.281. The van der Waals surface area contributed by atoms with Crippen molar-refractivity contribution >= 4 is 29.1 Å². The second kappa shape index (κ2) is 18.6. The van der Waals surface area contributed by atoms with Crippen molar-refractivity contribution in [3.05, 3.63) is 119 Å². The van der Waals surface area contributed by atoms with Gasteiger partial charge in [-0.2, -0.15) is 66.2 Å². The molecule has 3 aromatic carbocycles. The third-order valence-electron chi connectivity index (χ3n) is 5.32. The van der Waals surface area contributed by atoms with E-state index in [9.17, 15) is 0 Å². The van der Waals surface area contributed by atoms with Crippen LogP contribution in [0.5, 0.6) is 0 Å². The number of halogens is 2. The Morgan fingerprint density at radius 3 is 1.97 bits per heavy atom. The number of hydrogen-bond donors (Lipinski definition) is 0. The van der Waals surface area contributed by atoms with Crippen molar-refractivity contribution in [3.8, 4) is 11.1 Å². The molecule has 2 aliphatic carbocycles. The van der Waals surface area contributed by atoms with Gasteiger partial charge in [0.05, 0.1) is 0 Å². The molecule has 2 aliphatic rings. The molecule has 0 N–H and O–H groups in total. The fourth-order valence-electron chi connectivity index (χ4n) is 3.54. The Balaban J connectivity index is 0.000000595. The van der Waals surface area contributed by atoms with E-state index in [1.165, 1.54) is 33.4 Å². The minimum Gasteiger partial charge on any atom is -0.273 e. The predicted molar refractivity (Wildman–Crippen MR) is 155 cm³/mol. The molecule has 0 saturated heterocycles. The van der Waals surface area contributed by atoms with Crippen LogP contribution in [0.15, 0.2) is 78.9 Å². The molecular weight excluding hydrogens is 503 g/mol. The third kappa shape index (κ3) is 11.3. The van der Waals surface area contributed by atoms with Gasteiger partial charge in [-0.1, -0.05) is 51.5 Å². The summed E-state index contributed by atoms with van der Waals surface area (Å²) in [7, 11) is 0. The van der Waals surface area contributed by atoms with Crippen LogP contribution in [0.25, 0.3) is 11.1 Å². The molecule has 3 aromatic rings. The maximum Gasteiger partial charge on any atom is -0.109 e. The first-order chi connectivity index (χ1) is 16.0. The van der Waals surface area contributed by atoms with Gasteiger partial charge in [-0.15, -0.1) is 42.4 Å². The zero-order chi connectivity index (χ0) is 24.1. The van der Waals surface area contributed by atoms with Crippen LogP contribution in [0.3, 0.4) is 0 Å². The van der Waals surface area contributed by atoms with Gasteiger partial charge in [-0.25, -0.2) is 12.2 Å². The molecule has 0 amide bonds. The van der Waals surface area contributed by atoms with E-state index in [4.69, 9.17) is 0 Å². The molecule has 186 valence electrons. The van der Waals surface area contributed by atoms with Crippen LogP contribution in [0.2, 0.25) is 0 Å². The summed E-state index contributed by atoms with van der Waals surface area (Å²) in [5.41, 5.74) is 8.41. The van der Waals surface area contributed by atoms with Gasteiger partial charge in [0.2, 0.25) is 0 Å². The molecule has 0 heterocycles. The predicted octanol–water partition coefficient (Wildman–Crippen LogP) is 9.30. The van der Waals surface area contributed by atoms with E-state index in [0.717, 1.165) is 12.8 Å². The van der Waals surface area contributed by atoms with Gasteiger partial charge in [0.15, 0.2) is 0 Å². The van der Waals surface area contributed by atoms with Crippen LogP contribution >= 0.6 is 24.8 Å². The Labute approximate surface area is 237 Å². The van der Waals surface area contributed by atoms with Crippen LogP contribution in [-0.4, -0.2) is 4.31 Å². The first-order valence-electron chi connectivity index (χ1n) is 11.7. The largest absolute Gasteiger partial charge is 0.273 e. The van der Waals surface area contributed by atoms with Gasteiger partial charge in [0, 0.05) is 0 Å². The molecular formula is C32H37Cl2Ti-3. The summed E-state index contributed by atoms with van der Waals surface area (Å²) in [5.74, 6) is 1.16. The van der Waals surface area contributed by atoms with Crippen molar-refractivity contribution < 1.29 is 20.0 Å². The van der Waals surface area contributed by atoms with Gasteiger partial charge in [-0.05, 0) is 29.4 Å². The summed E-state index contributed by atoms with van der Waals surface area (Å²) in [4.78, 5) is 0. The summed E-state index contributed by atoms with van der Waals surface area (Å²) in [5, 5.41) is 0. The van der Waals surface area contributed by atoms with Gasteiger partial charge in [0.25, 0.3) is 0 Å². The van der Waals surface area contributed by atoms with E-state index < -0.39 is 0 Å². The van der Waals surface area contributed by atoms with Gasteiger partial charge in [-0.3, -0.25) is 6.08 Å². The number of rotatable bonds is 2. The fourth-order valence-corrected chi connectivity index (χ4v) is 3.54. The van der Waals surface area contributed by atoms with Crippen LogP contribution in [-0.2, 0) is 26.4 Å². The quantitative estimate of drug-likeness (QED) is 0.176. The zero-order valence-electron chi connectivity index (χ0n) is 21.5. The Morgan fingerprint density at radius 2 is 1.54 bits per heavy atom. The first-order valence-corrected chi connectivity index (χ1v) is 12.6. The molecule has 3 heteroatoms. The molecule has 0 aromatic heterocycles. The second-order valence-electron chi connectivity index (χ2n) is 8.58. The molecule has 0 radical (unpaired) electrons. The van der Waals surface area contributed by atoms with Crippen molar-refractivity contribution in [1.82, 2.24) is 0 Å². The Bertz CT molecular complexity index is 958. The topological polar surface area (TPSA) is 0 Å². The summed E-state index contributed by atoms with van der Waals surface area (Å²) in [6.07, 6.45) is 11.0. The van der Waals surface area contributed by atoms with Crippen LogP contribution in [0.1, 0.15) is 75.1 Å². The first kappa shape index (κ1) is 33.3. The molecule has 35 heavy (non-hydrogen) atoms. The van der Waals surface area contributed by atoms with Crippen molar-refractivity contribution in [2.75, 3.05) is 0 Å². The average Bonchev–Trinajstić information content (AvgIpc) is 3.52. The summed E-state index contributed by atoms with van der Waals surface area (Å²) in [6.45, 7) is 11.0. The summed E-state index contributed by atoms with van der Waals surface area (Å²) < 4.78 is 2.00. The smallest absolute Gasteiger partial charge is 0.109 e. The zero-order valence-corrected chi connectivity index (χ0v) is 24.7. The normalized spacial score (nSPS) is 11.3. The Morgan fingerprint density at radius 1 is 0.886 bits per heavy atom. The number of allylic oxidation sites excluding steroid dienone is 4. The molecule has 0 bridgehead atoms. The summed E-state index contributed by atoms with van der Waals surface area (Å²) >= 11 is 2.00. The van der Waals surface area contributed by atoms with Crippen LogP contribution in [0.4, 0.5) is 0 Å². The van der Waals surface area contributed by atoms with Gasteiger partial charge in [0.1, 0.15) is 0 Å². The molecule has 0 nitrogen and oxygen atoms in total. The minimum atomic E-state index is 0. The second-order valence-corrected chi connectivity index (χ2v) is 9.48. The maximum absolute atomic E-state index is 3.62.